The molecule has 1 rings (SSSR count). The van der Waals surface area contributed by atoms with Gasteiger partial charge in [0, 0.05) is 17.1 Å². The largest absolute Gasteiger partial charge is 0.307 e. The highest BCUT2D eigenvalue weighted by molar-refractivity contribution is 6.30. The fourth-order valence-corrected chi connectivity index (χ4v) is 2.08. The Bertz CT molecular complexity index is 305. The van der Waals surface area contributed by atoms with Gasteiger partial charge in [0.1, 0.15) is 0 Å². The van der Waals surface area contributed by atoms with Crippen LogP contribution in [0.2, 0.25) is 5.02 Å². The molecule has 1 nitrogen and oxygen atoms in total. The molecule has 0 heterocycles. The first-order chi connectivity index (χ1) is 7.54. The lowest BCUT2D eigenvalue weighted by Gasteiger charge is -2.25. The van der Waals surface area contributed by atoms with Crippen molar-refractivity contribution < 1.29 is 0 Å². The van der Waals surface area contributed by atoms with E-state index in [0.29, 0.717) is 18.0 Å². The van der Waals surface area contributed by atoms with Crippen molar-refractivity contribution in [3.05, 3.63) is 34.9 Å². The second-order valence-corrected chi connectivity index (χ2v) is 5.14. The summed E-state index contributed by atoms with van der Waals surface area (Å²) in [5, 5.41) is 4.46. The van der Waals surface area contributed by atoms with Crippen LogP contribution in [0.15, 0.2) is 24.3 Å². The molecule has 0 saturated carbocycles. The van der Waals surface area contributed by atoms with Gasteiger partial charge >= 0.3 is 0 Å². The van der Waals surface area contributed by atoms with Gasteiger partial charge in [-0.15, -0.1) is 0 Å². The van der Waals surface area contributed by atoms with E-state index in [0.717, 1.165) is 11.4 Å². The highest BCUT2D eigenvalue weighted by Gasteiger charge is 2.14. The second-order valence-electron chi connectivity index (χ2n) is 4.70. The molecule has 90 valence electrons. The molecule has 0 aliphatic carbocycles. The molecule has 0 radical (unpaired) electrons. The minimum atomic E-state index is 0.379. The fourth-order valence-electron chi connectivity index (χ4n) is 1.95. The molecule has 1 aromatic rings. The first-order valence-electron chi connectivity index (χ1n) is 6.06. The molecule has 0 bridgehead atoms. The Balaban J connectivity index is 2.64. The summed E-state index contributed by atoms with van der Waals surface area (Å²) >= 11 is 5.88. The third-order valence-electron chi connectivity index (χ3n) is 3.08. The van der Waals surface area contributed by atoms with Crippen molar-refractivity contribution in [2.75, 3.05) is 0 Å². The van der Waals surface area contributed by atoms with Crippen LogP contribution in [0.1, 0.15) is 45.7 Å². The Kier molecular flexibility index (Phi) is 5.30. The molecule has 0 saturated heterocycles. The molecular formula is C14H22ClN. The minimum Gasteiger partial charge on any atom is -0.307 e. The van der Waals surface area contributed by atoms with Gasteiger partial charge in [-0.25, -0.2) is 0 Å². The molecule has 0 aliphatic rings. The average Bonchev–Trinajstić information content (AvgIpc) is 2.26. The Hall–Kier alpha value is -0.530. The summed E-state index contributed by atoms with van der Waals surface area (Å²) in [6, 6.07) is 9.03. The van der Waals surface area contributed by atoms with E-state index in [2.05, 4.69) is 45.1 Å². The molecule has 1 N–H and O–H groups in total. The van der Waals surface area contributed by atoms with E-state index in [1.54, 1.807) is 0 Å². The van der Waals surface area contributed by atoms with E-state index in [9.17, 15) is 0 Å². The molecule has 0 fully saturated rings. The molecule has 2 heteroatoms. The Morgan fingerprint density at radius 2 is 1.69 bits per heavy atom. The van der Waals surface area contributed by atoms with Gasteiger partial charge in [-0.05, 0) is 37.0 Å². The van der Waals surface area contributed by atoms with Gasteiger partial charge in [0.25, 0.3) is 0 Å². The van der Waals surface area contributed by atoms with Gasteiger partial charge in [0.15, 0.2) is 0 Å². The normalized spacial score (nSPS) is 15.1. The van der Waals surface area contributed by atoms with Crippen molar-refractivity contribution in [3.8, 4) is 0 Å². The molecule has 0 spiro atoms. The van der Waals surface area contributed by atoms with Gasteiger partial charge in [-0.3, -0.25) is 0 Å². The number of rotatable bonds is 5. The zero-order valence-electron chi connectivity index (χ0n) is 10.6. The summed E-state index contributed by atoms with van der Waals surface area (Å²) in [4.78, 5) is 0. The maximum absolute atomic E-state index is 5.88. The van der Waals surface area contributed by atoms with Crippen molar-refractivity contribution in [2.24, 2.45) is 5.92 Å². The summed E-state index contributed by atoms with van der Waals surface area (Å²) < 4.78 is 0. The molecule has 0 aromatic heterocycles. The molecule has 0 aliphatic heterocycles. The van der Waals surface area contributed by atoms with E-state index >= 15 is 0 Å². The smallest absolute Gasteiger partial charge is 0.0406 e. The Morgan fingerprint density at radius 1 is 1.12 bits per heavy atom. The fraction of sp³-hybridized carbons (Fsp3) is 0.571. The molecular weight excluding hydrogens is 218 g/mol. The highest BCUT2D eigenvalue weighted by Crippen LogP contribution is 2.18. The van der Waals surface area contributed by atoms with Crippen molar-refractivity contribution in [3.63, 3.8) is 0 Å². The van der Waals surface area contributed by atoms with Crippen LogP contribution >= 0.6 is 11.6 Å². The Morgan fingerprint density at radius 3 is 2.12 bits per heavy atom. The van der Waals surface area contributed by atoms with Crippen molar-refractivity contribution >= 4 is 11.6 Å². The zero-order valence-corrected chi connectivity index (χ0v) is 11.4. The van der Waals surface area contributed by atoms with E-state index in [1.807, 2.05) is 12.1 Å². The quantitative estimate of drug-likeness (QED) is 0.802. The van der Waals surface area contributed by atoms with Crippen LogP contribution in [0, 0.1) is 5.92 Å². The third kappa shape index (κ3) is 3.80. The van der Waals surface area contributed by atoms with Crippen LogP contribution in [0.5, 0.6) is 0 Å². The number of benzene rings is 1. The third-order valence-corrected chi connectivity index (χ3v) is 3.33. The molecule has 1 aromatic carbocycles. The van der Waals surface area contributed by atoms with Gasteiger partial charge in [-0.2, -0.15) is 0 Å². The maximum atomic E-state index is 5.88. The number of nitrogens with one attached hydrogen (secondary N) is 1. The van der Waals surface area contributed by atoms with Gasteiger partial charge in [-0.1, -0.05) is 44.5 Å². The summed E-state index contributed by atoms with van der Waals surface area (Å²) in [6.45, 7) is 8.95. The summed E-state index contributed by atoms with van der Waals surface area (Å²) in [5.74, 6) is 0.666. The lowest BCUT2D eigenvalue weighted by Crippen LogP contribution is -2.35. The topological polar surface area (TPSA) is 12.0 Å². The van der Waals surface area contributed by atoms with Crippen LogP contribution < -0.4 is 5.32 Å². The molecule has 16 heavy (non-hydrogen) atoms. The average molecular weight is 240 g/mol. The van der Waals surface area contributed by atoms with Gasteiger partial charge < -0.3 is 5.32 Å². The lowest BCUT2D eigenvalue weighted by molar-refractivity contribution is 0.356. The Labute approximate surface area is 104 Å². The number of hydrogen-bond donors (Lipinski definition) is 1. The number of halogens is 1. The SMILES string of the molecule is CCC(NC(C)c1ccc(Cl)cc1)C(C)C. The lowest BCUT2D eigenvalue weighted by atomic mass is 9.99. The molecule has 2 unspecified atom stereocenters. The van der Waals surface area contributed by atoms with Crippen LogP contribution in [0.4, 0.5) is 0 Å². The summed E-state index contributed by atoms with van der Waals surface area (Å²) in [6.07, 6.45) is 1.16. The van der Waals surface area contributed by atoms with Crippen LogP contribution in [0.3, 0.4) is 0 Å². The predicted molar refractivity (Wildman–Crippen MR) is 71.9 cm³/mol. The second kappa shape index (κ2) is 6.27. The van der Waals surface area contributed by atoms with E-state index in [-0.39, 0.29) is 0 Å². The van der Waals surface area contributed by atoms with Gasteiger partial charge in [0.2, 0.25) is 0 Å². The van der Waals surface area contributed by atoms with Crippen molar-refractivity contribution in [2.45, 2.75) is 46.2 Å². The first-order valence-corrected chi connectivity index (χ1v) is 6.44. The first kappa shape index (κ1) is 13.5. The van der Waals surface area contributed by atoms with Crippen molar-refractivity contribution in [1.29, 1.82) is 0 Å². The summed E-state index contributed by atoms with van der Waals surface area (Å²) in [5.41, 5.74) is 1.29. The molecule has 2 atom stereocenters. The monoisotopic (exact) mass is 239 g/mol. The predicted octanol–water partition coefficient (Wildman–Crippen LogP) is 4.43. The minimum absolute atomic E-state index is 0.379. The van der Waals surface area contributed by atoms with Crippen LogP contribution in [0.25, 0.3) is 0 Å². The van der Waals surface area contributed by atoms with Crippen LogP contribution in [-0.2, 0) is 0 Å². The summed E-state index contributed by atoms with van der Waals surface area (Å²) in [7, 11) is 0. The van der Waals surface area contributed by atoms with Gasteiger partial charge in [0.05, 0.1) is 0 Å². The van der Waals surface area contributed by atoms with E-state index in [1.165, 1.54) is 5.56 Å². The highest BCUT2D eigenvalue weighted by atomic mass is 35.5. The number of hydrogen-bond acceptors (Lipinski definition) is 1. The van der Waals surface area contributed by atoms with Crippen LogP contribution in [-0.4, -0.2) is 6.04 Å². The maximum Gasteiger partial charge on any atom is 0.0406 e. The van der Waals surface area contributed by atoms with Crippen molar-refractivity contribution in [1.82, 2.24) is 5.32 Å². The molecule has 0 amide bonds. The van der Waals surface area contributed by atoms with E-state index < -0.39 is 0 Å². The van der Waals surface area contributed by atoms with E-state index in [4.69, 9.17) is 11.6 Å². The zero-order chi connectivity index (χ0) is 12.1. The standard InChI is InChI=1S/C14H22ClN/c1-5-14(10(2)3)16-11(4)12-6-8-13(15)9-7-12/h6-11,14,16H,5H2,1-4H3.